The van der Waals surface area contributed by atoms with Crippen LogP contribution in [-0.2, 0) is 23.9 Å². The van der Waals surface area contributed by atoms with E-state index in [9.17, 15) is 18.2 Å². The van der Waals surface area contributed by atoms with Crippen LogP contribution in [0.1, 0.15) is 31.8 Å². The fourth-order valence-electron chi connectivity index (χ4n) is 4.05. The van der Waals surface area contributed by atoms with Crippen LogP contribution in [0.2, 0.25) is 5.02 Å². The summed E-state index contributed by atoms with van der Waals surface area (Å²) < 4.78 is 27.0. The summed E-state index contributed by atoms with van der Waals surface area (Å²) in [6.45, 7) is 0.341. The number of anilines is 1. The van der Waals surface area contributed by atoms with Gasteiger partial charge in [0.1, 0.15) is 5.82 Å². The van der Waals surface area contributed by atoms with Gasteiger partial charge in [0.2, 0.25) is 0 Å². The van der Waals surface area contributed by atoms with E-state index in [4.69, 9.17) is 11.6 Å². The highest BCUT2D eigenvalue weighted by atomic mass is 35.5. The average Bonchev–Trinajstić information content (AvgIpc) is 2.98. The van der Waals surface area contributed by atoms with E-state index in [2.05, 4.69) is 5.32 Å². The maximum Gasteiger partial charge on any atom is 0.259 e. The fraction of sp³-hybridized carbons (Fsp3) is 0.0714. The Morgan fingerprint density at radius 1 is 0.917 bits per heavy atom. The average molecular weight is 519 g/mol. The van der Waals surface area contributed by atoms with Gasteiger partial charge in [-0.3, -0.25) is 9.59 Å². The first-order valence-corrected chi connectivity index (χ1v) is 12.7. The van der Waals surface area contributed by atoms with E-state index in [1.165, 1.54) is 17.0 Å². The molecule has 1 aliphatic rings. The molecule has 0 radical (unpaired) electrons. The molecule has 1 atom stereocenters. The van der Waals surface area contributed by atoms with E-state index in [1.54, 1.807) is 60.7 Å². The number of fused-ring (bicyclic) bond motifs is 2. The van der Waals surface area contributed by atoms with Crippen LogP contribution in [0.25, 0.3) is 0 Å². The minimum Gasteiger partial charge on any atom is -0.348 e. The Balaban J connectivity index is 1.53. The lowest BCUT2D eigenvalue weighted by Crippen LogP contribution is -2.31. The van der Waals surface area contributed by atoms with Crippen LogP contribution in [0.15, 0.2) is 101 Å². The van der Waals surface area contributed by atoms with Gasteiger partial charge in [0.05, 0.1) is 38.4 Å². The number of hydrogen-bond acceptors (Lipinski definition) is 3. The first kappa shape index (κ1) is 23.9. The lowest BCUT2D eigenvalue weighted by molar-refractivity contribution is 0.0947. The smallest absolute Gasteiger partial charge is 0.259 e. The van der Waals surface area contributed by atoms with Crippen molar-refractivity contribution in [2.24, 2.45) is 0 Å². The highest BCUT2D eigenvalue weighted by molar-refractivity contribution is 7.85. The molecule has 0 spiro atoms. The van der Waals surface area contributed by atoms with Crippen molar-refractivity contribution in [2.75, 3.05) is 4.90 Å². The molecule has 2 amide bonds. The van der Waals surface area contributed by atoms with Crippen molar-refractivity contribution in [3.05, 3.63) is 124 Å². The Kier molecular flexibility index (Phi) is 6.67. The number of rotatable bonds is 5. The first-order valence-electron chi connectivity index (χ1n) is 11.1. The second-order valence-electron chi connectivity index (χ2n) is 8.24. The molecule has 0 aromatic heterocycles. The van der Waals surface area contributed by atoms with Gasteiger partial charge in [-0.25, -0.2) is 8.60 Å². The summed E-state index contributed by atoms with van der Waals surface area (Å²) in [4.78, 5) is 29.0. The summed E-state index contributed by atoms with van der Waals surface area (Å²) in [5.74, 6) is -1.10. The molecule has 0 aliphatic carbocycles. The summed E-state index contributed by atoms with van der Waals surface area (Å²) in [6.07, 6.45) is 0. The molecule has 36 heavy (non-hydrogen) atoms. The van der Waals surface area contributed by atoms with Crippen molar-refractivity contribution in [1.82, 2.24) is 5.32 Å². The van der Waals surface area contributed by atoms with Gasteiger partial charge in [-0.1, -0.05) is 54.1 Å². The Bertz CT molecular complexity index is 1510. The molecule has 4 aromatic carbocycles. The third kappa shape index (κ3) is 4.67. The van der Waals surface area contributed by atoms with Crippen molar-refractivity contribution < 1.29 is 18.2 Å². The fourth-order valence-corrected chi connectivity index (χ4v) is 5.60. The van der Waals surface area contributed by atoms with Gasteiger partial charge in [-0.15, -0.1) is 0 Å². The van der Waals surface area contributed by atoms with Crippen molar-refractivity contribution in [2.45, 2.75) is 22.9 Å². The second kappa shape index (κ2) is 10.0. The van der Waals surface area contributed by atoms with Crippen LogP contribution in [0, 0.1) is 5.82 Å². The number of carbonyl (C=O) groups is 2. The highest BCUT2D eigenvalue weighted by Gasteiger charge is 2.31. The van der Waals surface area contributed by atoms with Crippen molar-refractivity contribution in [3.63, 3.8) is 0 Å². The molecule has 0 saturated carbocycles. The highest BCUT2D eigenvalue weighted by Crippen LogP contribution is 2.36. The monoisotopic (exact) mass is 518 g/mol. The SMILES string of the molecule is O=C(NCc1ccccc1Cl)c1ccc2c(c1)N(Cc1ccc(F)cc1)C(=O)c1ccccc1[S@]2=O. The third-order valence-electron chi connectivity index (χ3n) is 5.93. The minimum atomic E-state index is -1.64. The lowest BCUT2D eigenvalue weighted by atomic mass is 10.1. The molecular formula is C28H20ClFN2O3S. The number of amides is 2. The second-order valence-corrected chi connectivity index (χ2v) is 10.1. The van der Waals surface area contributed by atoms with Gasteiger partial charge in [-0.2, -0.15) is 0 Å². The van der Waals surface area contributed by atoms with Gasteiger partial charge < -0.3 is 10.2 Å². The van der Waals surface area contributed by atoms with Gasteiger partial charge in [-0.05, 0) is 59.7 Å². The molecule has 0 saturated heterocycles. The molecule has 0 fully saturated rings. The van der Waals surface area contributed by atoms with Gasteiger partial charge in [0.15, 0.2) is 0 Å². The molecule has 180 valence electrons. The molecule has 1 heterocycles. The van der Waals surface area contributed by atoms with Crippen LogP contribution < -0.4 is 10.2 Å². The van der Waals surface area contributed by atoms with Crippen LogP contribution in [0.4, 0.5) is 10.1 Å². The number of benzene rings is 4. The number of nitrogens with one attached hydrogen (secondary N) is 1. The van der Waals surface area contributed by atoms with Gasteiger partial charge >= 0.3 is 0 Å². The van der Waals surface area contributed by atoms with E-state index in [0.717, 1.165) is 5.56 Å². The molecule has 4 aromatic rings. The number of halogens is 2. The van der Waals surface area contributed by atoms with E-state index in [0.29, 0.717) is 37.2 Å². The molecule has 1 N–H and O–H groups in total. The Labute approximate surface area is 215 Å². The minimum absolute atomic E-state index is 0.113. The molecular weight excluding hydrogens is 499 g/mol. The predicted molar refractivity (Wildman–Crippen MR) is 137 cm³/mol. The molecule has 5 rings (SSSR count). The Hall–Kier alpha value is -3.81. The quantitative estimate of drug-likeness (QED) is 0.366. The van der Waals surface area contributed by atoms with Crippen molar-refractivity contribution in [3.8, 4) is 0 Å². The molecule has 1 aliphatic heterocycles. The van der Waals surface area contributed by atoms with E-state index in [1.807, 2.05) is 18.2 Å². The van der Waals surface area contributed by atoms with E-state index < -0.39 is 10.8 Å². The maximum atomic E-state index is 13.6. The molecule has 8 heteroatoms. The van der Waals surface area contributed by atoms with E-state index >= 15 is 0 Å². The number of nitrogens with zero attached hydrogens (tertiary/aromatic N) is 1. The van der Waals surface area contributed by atoms with Gasteiger partial charge in [0, 0.05) is 17.1 Å². The number of carbonyl (C=O) groups excluding carboxylic acids is 2. The van der Waals surface area contributed by atoms with Crippen LogP contribution in [0.5, 0.6) is 0 Å². The zero-order chi connectivity index (χ0) is 25.2. The van der Waals surface area contributed by atoms with Gasteiger partial charge in [0.25, 0.3) is 11.8 Å². The zero-order valence-electron chi connectivity index (χ0n) is 18.9. The van der Waals surface area contributed by atoms with Crippen LogP contribution in [0.3, 0.4) is 0 Å². The third-order valence-corrected chi connectivity index (χ3v) is 7.79. The summed E-state index contributed by atoms with van der Waals surface area (Å²) in [5.41, 5.74) is 2.45. The van der Waals surface area contributed by atoms with Crippen molar-refractivity contribution >= 4 is 39.9 Å². The van der Waals surface area contributed by atoms with Crippen LogP contribution >= 0.6 is 11.6 Å². The summed E-state index contributed by atoms with van der Waals surface area (Å²) in [6, 6.07) is 24.6. The Morgan fingerprint density at radius 3 is 2.42 bits per heavy atom. The van der Waals surface area contributed by atoms with E-state index in [-0.39, 0.29) is 30.7 Å². The standard InChI is InChI=1S/C28H20ClFN2O3S/c29-23-7-3-1-5-20(23)16-31-27(33)19-11-14-26-24(15-19)32(17-18-9-12-21(30)13-10-18)28(34)22-6-2-4-8-25(22)36(26)35/h1-15H,16-17H2,(H,31,33)/t36-/m1/s1. The summed E-state index contributed by atoms with van der Waals surface area (Å²) in [7, 11) is -1.64. The normalized spacial score (nSPS) is 14.6. The Morgan fingerprint density at radius 2 is 1.64 bits per heavy atom. The number of hydrogen-bond donors (Lipinski definition) is 1. The summed E-state index contributed by atoms with van der Waals surface area (Å²) >= 11 is 6.20. The predicted octanol–water partition coefficient (Wildman–Crippen LogP) is 5.74. The summed E-state index contributed by atoms with van der Waals surface area (Å²) in [5, 5.41) is 3.39. The first-order chi connectivity index (χ1) is 17.4. The molecule has 5 nitrogen and oxygen atoms in total. The molecule has 0 unspecified atom stereocenters. The zero-order valence-corrected chi connectivity index (χ0v) is 20.5. The largest absolute Gasteiger partial charge is 0.348 e. The van der Waals surface area contributed by atoms with Crippen molar-refractivity contribution in [1.29, 1.82) is 0 Å². The topological polar surface area (TPSA) is 66.5 Å². The molecule has 0 bridgehead atoms. The van der Waals surface area contributed by atoms with Crippen LogP contribution in [-0.4, -0.2) is 16.0 Å². The lowest BCUT2D eigenvalue weighted by Gasteiger charge is -2.23. The maximum absolute atomic E-state index is 13.6.